The zero-order chi connectivity index (χ0) is 12.3. The molecular formula is C15H23NO. The minimum Gasteiger partial charge on any atom is -0.326 e. The number of hydrogen-bond acceptors (Lipinski definition) is 1. The van der Waals surface area contributed by atoms with Crippen molar-refractivity contribution in [2.45, 2.75) is 58.3 Å². The largest absolute Gasteiger partial charge is 0.326 e. The lowest BCUT2D eigenvalue weighted by Gasteiger charge is -2.21. The van der Waals surface area contributed by atoms with Gasteiger partial charge in [0.25, 0.3) is 0 Å². The lowest BCUT2D eigenvalue weighted by atomic mass is 9.85. The number of hydrogen-bond donors (Lipinski definition) is 1. The first kappa shape index (κ1) is 12.4. The standard InChI is InChI=1S/C15H23NO/c1-11(2)13-9-14(16-15(17)10-13)8-12-6-4-3-5-7-12/h9-12H,3-8H2,1-2H3,(H,16,17). The molecule has 0 bridgehead atoms. The summed E-state index contributed by atoms with van der Waals surface area (Å²) in [5.74, 6) is 1.21. The van der Waals surface area contributed by atoms with Gasteiger partial charge in [-0.05, 0) is 29.9 Å². The van der Waals surface area contributed by atoms with Crippen LogP contribution < -0.4 is 5.56 Å². The van der Waals surface area contributed by atoms with Gasteiger partial charge in [-0.2, -0.15) is 0 Å². The van der Waals surface area contributed by atoms with E-state index in [0.717, 1.165) is 18.0 Å². The molecule has 1 aromatic rings. The van der Waals surface area contributed by atoms with Gasteiger partial charge in [0, 0.05) is 11.8 Å². The summed E-state index contributed by atoms with van der Waals surface area (Å²) < 4.78 is 0. The first-order chi connectivity index (χ1) is 8.15. The summed E-state index contributed by atoms with van der Waals surface area (Å²) in [4.78, 5) is 14.6. The summed E-state index contributed by atoms with van der Waals surface area (Å²) in [7, 11) is 0. The van der Waals surface area contributed by atoms with Gasteiger partial charge < -0.3 is 4.98 Å². The van der Waals surface area contributed by atoms with E-state index in [0.29, 0.717) is 5.92 Å². The summed E-state index contributed by atoms with van der Waals surface area (Å²) in [6.07, 6.45) is 7.81. The molecule has 0 aliphatic heterocycles. The second-order valence-corrected chi connectivity index (χ2v) is 5.67. The van der Waals surface area contributed by atoms with Crippen LogP contribution in [0.15, 0.2) is 16.9 Å². The Bertz CT molecular complexity index is 413. The van der Waals surface area contributed by atoms with Crippen LogP contribution in [-0.2, 0) is 6.42 Å². The van der Waals surface area contributed by atoms with Gasteiger partial charge in [0.15, 0.2) is 0 Å². The van der Waals surface area contributed by atoms with Crippen LogP contribution in [0.25, 0.3) is 0 Å². The van der Waals surface area contributed by atoms with Crippen molar-refractivity contribution < 1.29 is 0 Å². The van der Waals surface area contributed by atoms with Gasteiger partial charge in [-0.1, -0.05) is 46.0 Å². The predicted molar refractivity (Wildman–Crippen MR) is 71.4 cm³/mol. The Kier molecular flexibility index (Phi) is 4.03. The Labute approximate surface area is 103 Å². The van der Waals surface area contributed by atoms with E-state index in [9.17, 15) is 4.79 Å². The Morgan fingerprint density at radius 1 is 1.24 bits per heavy atom. The molecule has 0 saturated heterocycles. The molecule has 1 aromatic heterocycles. The van der Waals surface area contributed by atoms with Gasteiger partial charge in [-0.15, -0.1) is 0 Å². The maximum absolute atomic E-state index is 11.6. The molecule has 2 heteroatoms. The molecule has 0 spiro atoms. The quantitative estimate of drug-likeness (QED) is 0.849. The summed E-state index contributed by atoms with van der Waals surface area (Å²) in [6.45, 7) is 4.28. The monoisotopic (exact) mass is 233 g/mol. The van der Waals surface area contributed by atoms with Gasteiger partial charge >= 0.3 is 0 Å². The van der Waals surface area contributed by atoms with Crippen molar-refractivity contribution in [3.63, 3.8) is 0 Å². The van der Waals surface area contributed by atoms with E-state index in [1.165, 1.54) is 37.7 Å². The van der Waals surface area contributed by atoms with Crippen molar-refractivity contribution in [3.05, 3.63) is 33.7 Å². The van der Waals surface area contributed by atoms with Crippen LogP contribution in [0.4, 0.5) is 0 Å². The lowest BCUT2D eigenvalue weighted by molar-refractivity contribution is 0.354. The van der Waals surface area contributed by atoms with Crippen LogP contribution in [0, 0.1) is 5.92 Å². The molecule has 0 radical (unpaired) electrons. The molecule has 1 aliphatic rings. The maximum atomic E-state index is 11.6. The predicted octanol–water partition coefficient (Wildman–Crippen LogP) is 3.62. The smallest absolute Gasteiger partial charge is 0.248 e. The topological polar surface area (TPSA) is 32.9 Å². The van der Waals surface area contributed by atoms with Crippen LogP contribution in [0.2, 0.25) is 0 Å². The molecule has 0 atom stereocenters. The minimum atomic E-state index is 0.0574. The third-order valence-corrected chi connectivity index (χ3v) is 3.82. The Balaban J connectivity index is 2.11. The first-order valence-corrected chi connectivity index (χ1v) is 6.88. The first-order valence-electron chi connectivity index (χ1n) is 6.88. The fourth-order valence-electron chi connectivity index (χ4n) is 2.77. The summed E-state index contributed by atoms with van der Waals surface area (Å²) in [6, 6.07) is 3.91. The maximum Gasteiger partial charge on any atom is 0.248 e. The summed E-state index contributed by atoms with van der Waals surface area (Å²) in [5.41, 5.74) is 2.36. The number of rotatable bonds is 3. The normalized spacial score (nSPS) is 17.6. The van der Waals surface area contributed by atoms with Gasteiger partial charge in [-0.25, -0.2) is 0 Å². The molecule has 1 saturated carbocycles. The SMILES string of the molecule is CC(C)c1cc(CC2CCCCC2)[nH]c(=O)c1. The molecule has 94 valence electrons. The molecule has 1 N–H and O–H groups in total. The molecule has 2 nitrogen and oxygen atoms in total. The Morgan fingerprint density at radius 3 is 2.59 bits per heavy atom. The molecule has 1 heterocycles. The molecule has 1 aliphatic carbocycles. The third-order valence-electron chi connectivity index (χ3n) is 3.82. The van der Waals surface area contributed by atoms with Gasteiger partial charge in [0.05, 0.1) is 0 Å². The highest BCUT2D eigenvalue weighted by molar-refractivity contribution is 5.20. The molecule has 1 fully saturated rings. The van der Waals surface area contributed by atoms with Crippen LogP contribution in [0.3, 0.4) is 0 Å². The van der Waals surface area contributed by atoms with Crippen molar-refractivity contribution in [2.75, 3.05) is 0 Å². The Morgan fingerprint density at radius 2 is 1.94 bits per heavy atom. The van der Waals surface area contributed by atoms with Crippen LogP contribution in [0.1, 0.15) is 63.1 Å². The van der Waals surface area contributed by atoms with Gasteiger partial charge in [0.2, 0.25) is 5.56 Å². The van der Waals surface area contributed by atoms with Crippen LogP contribution in [0.5, 0.6) is 0 Å². The number of nitrogens with one attached hydrogen (secondary N) is 1. The number of aromatic amines is 1. The second kappa shape index (κ2) is 5.52. The fraction of sp³-hybridized carbons (Fsp3) is 0.667. The highest BCUT2D eigenvalue weighted by Gasteiger charge is 2.15. The average molecular weight is 233 g/mol. The van der Waals surface area contributed by atoms with E-state index in [4.69, 9.17) is 0 Å². The van der Waals surface area contributed by atoms with Crippen molar-refractivity contribution >= 4 is 0 Å². The van der Waals surface area contributed by atoms with E-state index in [2.05, 4.69) is 24.9 Å². The van der Waals surface area contributed by atoms with E-state index in [1.54, 1.807) is 6.07 Å². The van der Waals surface area contributed by atoms with Crippen LogP contribution in [-0.4, -0.2) is 4.98 Å². The van der Waals surface area contributed by atoms with E-state index < -0.39 is 0 Å². The molecule has 0 unspecified atom stereocenters. The molecular weight excluding hydrogens is 210 g/mol. The molecule has 0 amide bonds. The molecule has 17 heavy (non-hydrogen) atoms. The zero-order valence-corrected chi connectivity index (χ0v) is 11.0. The highest BCUT2D eigenvalue weighted by Crippen LogP contribution is 2.26. The van der Waals surface area contributed by atoms with Crippen LogP contribution >= 0.6 is 0 Å². The summed E-state index contributed by atoms with van der Waals surface area (Å²) in [5, 5.41) is 0. The number of H-pyrrole nitrogens is 1. The van der Waals surface area contributed by atoms with Crippen molar-refractivity contribution in [2.24, 2.45) is 5.92 Å². The van der Waals surface area contributed by atoms with Crippen molar-refractivity contribution in [1.82, 2.24) is 4.98 Å². The fourth-order valence-corrected chi connectivity index (χ4v) is 2.77. The van der Waals surface area contributed by atoms with E-state index in [-0.39, 0.29) is 5.56 Å². The minimum absolute atomic E-state index is 0.0574. The second-order valence-electron chi connectivity index (χ2n) is 5.67. The van der Waals surface area contributed by atoms with E-state index in [1.807, 2.05) is 0 Å². The Hall–Kier alpha value is -1.05. The van der Waals surface area contributed by atoms with E-state index >= 15 is 0 Å². The van der Waals surface area contributed by atoms with Gasteiger partial charge in [0.1, 0.15) is 0 Å². The van der Waals surface area contributed by atoms with Crippen molar-refractivity contribution in [1.29, 1.82) is 0 Å². The average Bonchev–Trinajstić information content (AvgIpc) is 2.29. The van der Waals surface area contributed by atoms with Gasteiger partial charge in [-0.3, -0.25) is 4.79 Å². The number of aromatic nitrogens is 1. The lowest BCUT2D eigenvalue weighted by Crippen LogP contribution is -2.15. The van der Waals surface area contributed by atoms with Crippen molar-refractivity contribution in [3.8, 4) is 0 Å². The highest BCUT2D eigenvalue weighted by atomic mass is 16.1. The zero-order valence-electron chi connectivity index (χ0n) is 11.0. The molecule has 0 aromatic carbocycles. The number of pyridine rings is 1. The molecule has 2 rings (SSSR count). The third kappa shape index (κ3) is 3.45. The summed E-state index contributed by atoms with van der Waals surface area (Å²) >= 11 is 0.